The number of hydrogen-bond acceptors (Lipinski definition) is 4. The van der Waals surface area contributed by atoms with Crippen LogP contribution in [0.15, 0.2) is 0 Å². The molecule has 0 bridgehead atoms. The van der Waals surface area contributed by atoms with Crippen molar-refractivity contribution >= 4 is 0 Å². The van der Waals surface area contributed by atoms with Gasteiger partial charge in [0.15, 0.2) is 6.29 Å². The van der Waals surface area contributed by atoms with Gasteiger partial charge in [-0.05, 0) is 37.5 Å². The van der Waals surface area contributed by atoms with Crippen LogP contribution in [0.3, 0.4) is 0 Å². The second kappa shape index (κ2) is 8.24. The largest absolute Gasteiger partial charge is 0.371 e. The molecule has 4 fully saturated rings. The van der Waals surface area contributed by atoms with Crippen molar-refractivity contribution in [2.24, 2.45) is 17.3 Å². The van der Waals surface area contributed by atoms with Gasteiger partial charge in [-0.1, -0.05) is 45.4 Å². The monoisotopic (exact) mass is 352 g/mol. The van der Waals surface area contributed by atoms with Crippen LogP contribution in [0.25, 0.3) is 0 Å². The van der Waals surface area contributed by atoms with E-state index in [2.05, 4.69) is 6.92 Å². The van der Waals surface area contributed by atoms with Crippen molar-refractivity contribution in [3.05, 3.63) is 0 Å². The fraction of sp³-hybridized carbons (Fsp3) is 1.00. The van der Waals surface area contributed by atoms with Gasteiger partial charge in [-0.2, -0.15) is 0 Å². The van der Waals surface area contributed by atoms with E-state index in [1.165, 1.54) is 64.2 Å². The Morgan fingerprint density at radius 2 is 1.16 bits per heavy atom. The minimum absolute atomic E-state index is 0.105. The van der Waals surface area contributed by atoms with Gasteiger partial charge in [0.2, 0.25) is 0 Å². The van der Waals surface area contributed by atoms with Crippen LogP contribution in [-0.2, 0) is 18.9 Å². The van der Waals surface area contributed by atoms with E-state index in [0.29, 0.717) is 25.4 Å². The molecule has 0 aromatic heterocycles. The Labute approximate surface area is 152 Å². The predicted octanol–water partition coefficient (Wildman–Crippen LogP) is 4.31. The molecule has 4 heteroatoms. The van der Waals surface area contributed by atoms with E-state index in [9.17, 15) is 0 Å². The van der Waals surface area contributed by atoms with Crippen molar-refractivity contribution in [1.29, 1.82) is 0 Å². The van der Waals surface area contributed by atoms with Crippen LogP contribution in [0.5, 0.6) is 0 Å². The van der Waals surface area contributed by atoms with Gasteiger partial charge in [-0.15, -0.1) is 0 Å². The van der Waals surface area contributed by atoms with Crippen LogP contribution >= 0.6 is 0 Å². The summed E-state index contributed by atoms with van der Waals surface area (Å²) in [4.78, 5) is 0. The van der Waals surface area contributed by atoms with Crippen LogP contribution in [0, 0.1) is 17.3 Å². The zero-order valence-electron chi connectivity index (χ0n) is 15.9. The fourth-order valence-corrected chi connectivity index (χ4v) is 5.29. The molecule has 2 aliphatic heterocycles. The van der Waals surface area contributed by atoms with Crippen LogP contribution in [0.2, 0.25) is 0 Å². The van der Waals surface area contributed by atoms with Crippen molar-refractivity contribution in [3.8, 4) is 0 Å². The van der Waals surface area contributed by atoms with Gasteiger partial charge in [-0.3, -0.25) is 0 Å². The third kappa shape index (κ3) is 4.58. The van der Waals surface area contributed by atoms with Crippen LogP contribution in [-0.4, -0.2) is 44.9 Å². The van der Waals surface area contributed by atoms with Gasteiger partial charge in [0.1, 0.15) is 12.2 Å². The summed E-state index contributed by atoms with van der Waals surface area (Å²) in [7, 11) is 0. The van der Waals surface area contributed by atoms with Crippen LogP contribution < -0.4 is 0 Å². The smallest absolute Gasteiger partial charge is 0.163 e. The van der Waals surface area contributed by atoms with Crippen molar-refractivity contribution in [2.45, 2.75) is 89.6 Å². The zero-order chi connectivity index (χ0) is 17.1. The molecule has 2 aliphatic carbocycles. The molecule has 25 heavy (non-hydrogen) atoms. The molecule has 0 aromatic rings. The molecule has 0 N–H and O–H groups in total. The molecule has 4 aliphatic rings. The van der Waals surface area contributed by atoms with Crippen molar-refractivity contribution < 1.29 is 18.9 Å². The maximum atomic E-state index is 6.41. The summed E-state index contributed by atoms with van der Waals surface area (Å²) in [6.07, 6.45) is 14.1. The number of ether oxygens (including phenoxy) is 4. The van der Waals surface area contributed by atoms with E-state index in [1.807, 2.05) is 0 Å². The normalized spacial score (nSPS) is 32.5. The first kappa shape index (κ1) is 18.2. The third-order valence-electron chi connectivity index (χ3n) is 7.15. The Bertz CT molecular complexity index is 372. The van der Waals surface area contributed by atoms with Gasteiger partial charge in [-0.25, -0.2) is 0 Å². The van der Waals surface area contributed by atoms with Gasteiger partial charge in [0.25, 0.3) is 0 Å². The fourth-order valence-electron chi connectivity index (χ4n) is 5.29. The molecule has 0 spiro atoms. The molecule has 2 unspecified atom stereocenters. The Balaban J connectivity index is 1.51. The Morgan fingerprint density at radius 1 is 0.760 bits per heavy atom. The molecule has 0 aromatic carbocycles. The van der Waals surface area contributed by atoms with E-state index in [-0.39, 0.29) is 11.7 Å². The van der Waals surface area contributed by atoms with Crippen molar-refractivity contribution in [1.82, 2.24) is 0 Å². The molecule has 2 atom stereocenters. The Morgan fingerprint density at radius 3 is 1.52 bits per heavy atom. The van der Waals surface area contributed by atoms with Gasteiger partial charge in [0, 0.05) is 5.41 Å². The molecule has 2 heterocycles. The van der Waals surface area contributed by atoms with E-state index in [1.54, 1.807) is 0 Å². The molecule has 2 saturated carbocycles. The molecule has 2 saturated heterocycles. The van der Waals surface area contributed by atoms with Gasteiger partial charge < -0.3 is 18.9 Å². The molecule has 0 amide bonds. The summed E-state index contributed by atoms with van der Waals surface area (Å²) in [6, 6.07) is 0. The highest BCUT2D eigenvalue weighted by Crippen LogP contribution is 2.52. The summed E-state index contributed by atoms with van der Waals surface area (Å²) in [5.74, 6) is 1.46. The highest BCUT2D eigenvalue weighted by molar-refractivity contribution is 4.94. The van der Waals surface area contributed by atoms with E-state index in [4.69, 9.17) is 18.9 Å². The lowest BCUT2D eigenvalue weighted by Crippen LogP contribution is -2.50. The molecule has 4 rings (SSSR count). The molecular weight excluding hydrogens is 316 g/mol. The molecule has 0 radical (unpaired) electrons. The summed E-state index contributed by atoms with van der Waals surface area (Å²) in [5, 5.41) is 0. The standard InChI is InChI=1S/C21H36O4/c1-21(16-8-4-2-5-9-16,17-10-6-3-7-11-17)20(24-14-18-12-22-18)25-15-19-13-23-19/h16-20H,2-15H2,1H3. The lowest BCUT2D eigenvalue weighted by molar-refractivity contribution is -0.243. The number of hydrogen-bond donors (Lipinski definition) is 0. The van der Waals surface area contributed by atoms with E-state index in [0.717, 1.165) is 25.0 Å². The SMILES string of the molecule is CC(C1CCCCC1)(C1CCCCC1)C(OCC1CO1)OCC1CO1. The number of rotatable bonds is 9. The lowest BCUT2D eigenvalue weighted by atomic mass is 9.59. The highest BCUT2D eigenvalue weighted by Gasteiger charge is 2.49. The second-order valence-electron chi connectivity index (χ2n) is 8.95. The maximum Gasteiger partial charge on any atom is 0.163 e. The van der Waals surface area contributed by atoms with Crippen molar-refractivity contribution in [3.63, 3.8) is 0 Å². The second-order valence-corrected chi connectivity index (χ2v) is 8.95. The molecule has 4 nitrogen and oxygen atoms in total. The quantitative estimate of drug-likeness (QED) is 0.458. The molecular formula is C21H36O4. The van der Waals surface area contributed by atoms with E-state index < -0.39 is 0 Å². The minimum Gasteiger partial charge on any atom is -0.371 e. The first-order chi connectivity index (χ1) is 12.3. The van der Waals surface area contributed by atoms with Gasteiger partial charge in [0.05, 0.1) is 26.4 Å². The van der Waals surface area contributed by atoms with E-state index >= 15 is 0 Å². The average molecular weight is 353 g/mol. The average Bonchev–Trinajstić information content (AvgIpc) is 3.57. The van der Waals surface area contributed by atoms with Gasteiger partial charge >= 0.3 is 0 Å². The topological polar surface area (TPSA) is 43.5 Å². The first-order valence-corrected chi connectivity index (χ1v) is 10.7. The minimum atomic E-state index is -0.105. The lowest BCUT2D eigenvalue weighted by Gasteiger charge is -2.50. The van der Waals surface area contributed by atoms with Crippen LogP contribution in [0.4, 0.5) is 0 Å². The Kier molecular flexibility index (Phi) is 6.01. The summed E-state index contributed by atoms with van der Waals surface area (Å²) in [6.45, 7) is 5.56. The first-order valence-electron chi connectivity index (χ1n) is 10.7. The third-order valence-corrected chi connectivity index (χ3v) is 7.15. The zero-order valence-corrected chi connectivity index (χ0v) is 15.9. The summed E-state index contributed by atoms with van der Waals surface area (Å²) < 4.78 is 23.6. The summed E-state index contributed by atoms with van der Waals surface area (Å²) >= 11 is 0. The highest BCUT2D eigenvalue weighted by atomic mass is 16.7. The predicted molar refractivity (Wildman–Crippen MR) is 96.4 cm³/mol. The number of epoxide rings is 2. The van der Waals surface area contributed by atoms with Crippen molar-refractivity contribution in [2.75, 3.05) is 26.4 Å². The Hall–Kier alpha value is -0.160. The maximum absolute atomic E-state index is 6.41. The summed E-state index contributed by atoms with van der Waals surface area (Å²) in [5.41, 5.74) is 0.130. The molecule has 144 valence electrons. The van der Waals surface area contributed by atoms with Crippen LogP contribution in [0.1, 0.15) is 71.1 Å².